The van der Waals surface area contributed by atoms with E-state index in [0.29, 0.717) is 36.8 Å². The first-order valence-electron chi connectivity index (χ1n) is 16.5. The molecule has 1 aliphatic heterocycles. The summed E-state index contributed by atoms with van der Waals surface area (Å²) in [4.78, 5) is 53.9. The van der Waals surface area contributed by atoms with Crippen LogP contribution in [0.15, 0.2) is 29.1 Å². The molecule has 0 aliphatic carbocycles. The third kappa shape index (κ3) is 12.6. The van der Waals surface area contributed by atoms with E-state index in [1.54, 1.807) is 4.57 Å². The number of hydrogen-bond donors (Lipinski definition) is 6. The van der Waals surface area contributed by atoms with Gasteiger partial charge in [0.1, 0.15) is 12.1 Å². The largest absolute Gasteiger partial charge is 0.463 e. The number of benzene rings is 1. The summed E-state index contributed by atoms with van der Waals surface area (Å²) in [6.45, 7) is 8.94. The maximum absolute atomic E-state index is 12.7. The van der Waals surface area contributed by atoms with Crippen LogP contribution in [0, 0.1) is 5.92 Å². The molecule has 3 aromatic rings. The molecule has 47 heavy (non-hydrogen) atoms. The first kappa shape index (κ1) is 37.4. The zero-order chi connectivity index (χ0) is 34.0. The van der Waals surface area contributed by atoms with Crippen molar-refractivity contribution in [1.29, 1.82) is 0 Å². The Kier molecular flexibility index (Phi) is 16.1. The summed E-state index contributed by atoms with van der Waals surface area (Å²) in [6.07, 6.45) is 7.29. The summed E-state index contributed by atoms with van der Waals surface area (Å²) in [5.74, 6) is 4.92. The van der Waals surface area contributed by atoms with Gasteiger partial charge in [-0.05, 0) is 68.8 Å². The monoisotopic (exact) mass is 656 g/mol. The van der Waals surface area contributed by atoms with E-state index in [1.807, 2.05) is 12.1 Å². The molecule has 2 amide bonds. The predicted molar refractivity (Wildman–Crippen MR) is 181 cm³/mol. The normalized spacial score (nSPS) is 13.6. The molecule has 1 aliphatic rings. The van der Waals surface area contributed by atoms with Gasteiger partial charge in [0.2, 0.25) is 11.8 Å². The fourth-order valence-electron chi connectivity index (χ4n) is 5.16. The van der Waals surface area contributed by atoms with Crippen LogP contribution in [0.4, 0.5) is 5.82 Å². The molecular formula is C32H52N10O5. The number of nitrogens with one attached hydrogen (secondary N) is 3. The molecule has 15 nitrogen and oxygen atoms in total. The fourth-order valence-corrected chi connectivity index (χ4v) is 5.16. The maximum Gasteiger partial charge on any atom is 0.328 e. The number of carbonyl (C=O) groups excluding carboxylic acids is 2. The van der Waals surface area contributed by atoms with Crippen LogP contribution in [0.2, 0.25) is 0 Å². The second-order valence-corrected chi connectivity index (χ2v) is 11.7. The van der Waals surface area contributed by atoms with Gasteiger partial charge in [-0.25, -0.2) is 10.7 Å². The number of fused-ring (bicyclic) bond motifs is 1. The number of imidazole rings is 1. The van der Waals surface area contributed by atoms with Gasteiger partial charge in [-0.2, -0.15) is 9.97 Å². The standard InChI is InChI=1S/C28H41N9O5.C4H11N/c1-2-3-14-41-27-34-25(29)24-26(35-27)37(28(40)33-24)17-21-6-4-20(5-7-21)16-36-12-9-19(10-13-36)8-11-31-22(38)15-32-23(39)18-42-30;1-2-3-4-5/h4-7,19H,2-3,8-18,30H2,1H3,(H,31,38)(H,32,39)(H,33,40)(H2,29,34,35);2-5H2,1H3. The maximum atomic E-state index is 12.7. The number of rotatable bonds is 17. The van der Waals surface area contributed by atoms with Crippen molar-refractivity contribution < 1.29 is 19.2 Å². The topological polar surface area (TPSA) is 222 Å². The SMILES string of the molecule is CCCCN.CCCCOc1nc(N)c2[nH]c(=O)n(Cc3ccc(CN4CCC(CCNC(=O)CNC(=O)CON)CC4)cc3)c2n1. The van der Waals surface area contributed by atoms with Crippen LogP contribution in [-0.2, 0) is 27.5 Å². The lowest BCUT2D eigenvalue weighted by atomic mass is 9.93. The molecule has 0 atom stereocenters. The van der Waals surface area contributed by atoms with E-state index >= 15 is 0 Å². The number of nitrogens with two attached hydrogens (primary N) is 3. The number of aromatic amines is 1. The quantitative estimate of drug-likeness (QED) is 0.0900. The summed E-state index contributed by atoms with van der Waals surface area (Å²) in [6, 6.07) is 8.43. The van der Waals surface area contributed by atoms with Gasteiger partial charge in [-0.1, -0.05) is 51.0 Å². The minimum atomic E-state index is -0.428. The van der Waals surface area contributed by atoms with Crippen molar-refractivity contribution in [2.45, 2.75) is 71.9 Å². The van der Waals surface area contributed by atoms with E-state index in [-0.39, 0.29) is 36.6 Å². The number of carbonyl (C=O) groups is 2. The van der Waals surface area contributed by atoms with Gasteiger partial charge in [0, 0.05) is 13.1 Å². The van der Waals surface area contributed by atoms with Crippen LogP contribution in [0.3, 0.4) is 0 Å². The van der Waals surface area contributed by atoms with Crippen molar-refractivity contribution in [3.63, 3.8) is 0 Å². The Hall–Kier alpha value is -4.05. The molecule has 3 heterocycles. The molecule has 9 N–H and O–H groups in total. The summed E-state index contributed by atoms with van der Waals surface area (Å²) in [5.41, 5.74) is 13.9. The van der Waals surface area contributed by atoms with Crippen LogP contribution < -0.4 is 38.4 Å². The average molecular weight is 657 g/mol. The molecule has 15 heteroatoms. The Bertz CT molecular complexity index is 1430. The Labute approximate surface area is 275 Å². The number of H-pyrrole nitrogens is 1. The minimum absolute atomic E-state index is 0.0873. The molecule has 4 rings (SSSR count). The van der Waals surface area contributed by atoms with Crippen LogP contribution in [0.5, 0.6) is 6.01 Å². The molecule has 2 aromatic heterocycles. The summed E-state index contributed by atoms with van der Waals surface area (Å²) in [7, 11) is 0. The number of nitrogens with zero attached hydrogens (tertiary/aromatic N) is 4. The molecule has 0 saturated carbocycles. The first-order valence-corrected chi connectivity index (χ1v) is 16.5. The number of anilines is 1. The highest BCUT2D eigenvalue weighted by Gasteiger charge is 2.20. The average Bonchev–Trinajstić information content (AvgIpc) is 3.37. The summed E-state index contributed by atoms with van der Waals surface area (Å²) in [5, 5.41) is 5.29. The number of amides is 2. The van der Waals surface area contributed by atoms with Crippen molar-refractivity contribution >= 4 is 28.8 Å². The van der Waals surface area contributed by atoms with Crippen LogP contribution in [-0.4, -0.2) is 82.2 Å². The fraction of sp³-hybridized carbons (Fsp3) is 0.594. The molecule has 260 valence electrons. The Balaban J connectivity index is 0.00000111. The van der Waals surface area contributed by atoms with Crippen molar-refractivity contribution in [3.05, 3.63) is 45.9 Å². The lowest BCUT2D eigenvalue weighted by molar-refractivity contribution is -0.129. The minimum Gasteiger partial charge on any atom is -0.463 e. The van der Waals surface area contributed by atoms with Crippen molar-refractivity contribution in [2.24, 2.45) is 17.5 Å². The molecule has 1 aromatic carbocycles. The third-order valence-corrected chi connectivity index (χ3v) is 7.93. The Morgan fingerprint density at radius 2 is 1.68 bits per heavy atom. The Morgan fingerprint density at radius 3 is 2.30 bits per heavy atom. The van der Waals surface area contributed by atoms with Crippen molar-refractivity contribution in [1.82, 2.24) is 35.1 Å². The van der Waals surface area contributed by atoms with Gasteiger partial charge >= 0.3 is 11.7 Å². The van der Waals surface area contributed by atoms with Gasteiger partial charge in [-0.15, -0.1) is 0 Å². The highest BCUT2D eigenvalue weighted by molar-refractivity contribution is 5.85. The molecule has 0 spiro atoms. The van der Waals surface area contributed by atoms with E-state index in [2.05, 4.69) is 61.3 Å². The van der Waals surface area contributed by atoms with Crippen LogP contribution in [0.25, 0.3) is 11.2 Å². The van der Waals surface area contributed by atoms with Gasteiger partial charge in [-0.3, -0.25) is 23.9 Å². The number of hydrogen-bond acceptors (Lipinski definition) is 11. The predicted octanol–water partition coefficient (Wildman–Crippen LogP) is 1.40. The zero-order valence-corrected chi connectivity index (χ0v) is 27.8. The van der Waals surface area contributed by atoms with E-state index in [0.717, 1.165) is 63.8 Å². The molecule has 1 saturated heterocycles. The number of piperidine rings is 1. The smallest absolute Gasteiger partial charge is 0.328 e. The summed E-state index contributed by atoms with van der Waals surface area (Å²) < 4.78 is 7.17. The molecule has 0 radical (unpaired) electrons. The van der Waals surface area contributed by atoms with Gasteiger partial charge < -0.3 is 31.8 Å². The molecular weight excluding hydrogens is 604 g/mol. The molecule has 0 bridgehead atoms. The van der Waals surface area contributed by atoms with Crippen molar-refractivity contribution in [2.75, 3.05) is 51.7 Å². The highest BCUT2D eigenvalue weighted by Crippen LogP contribution is 2.22. The zero-order valence-electron chi connectivity index (χ0n) is 27.8. The molecule has 0 unspecified atom stereocenters. The van der Waals surface area contributed by atoms with E-state index in [1.165, 1.54) is 18.4 Å². The lowest BCUT2D eigenvalue weighted by Crippen LogP contribution is -2.40. The summed E-state index contributed by atoms with van der Waals surface area (Å²) >= 11 is 0. The highest BCUT2D eigenvalue weighted by atomic mass is 16.6. The van der Waals surface area contributed by atoms with Crippen LogP contribution >= 0.6 is 0 Å². The van der Waals surface area contributed by atoms with Gasteiger partial charge in [0.25, 0.3) is 0 Å². The van der Waals surface area contributed by atoms with Gasteiger partial charge in [0.05, 0.1) is 19.7 Å². The number of nitrogen functional groups attached to an aromatic ring is 1. The second-order valence-electron chi connectivity index (χ2n) is 11.7. The number of likely N-dealkylation sites (tertiary alicyclic amines) is 1. The number of unbranched alkanes of at least 4 members (excludes halogenated alkanes) is 2. The lowest BCUT2D eigenvalue weighted by Gasteiger charge is -2.32. The third-order valence-electron chi connectivity index (χ3n) is 7.93. The van der Waals surface area contributed by atoms with E-state index < -0.39 is 5.91 Å². The van der Waals surface area contributed by atoms with E-state index in [4.69, 9.17) is 22.1 Å². The first-order chi connectivity index (χ1) is 22.8. The van der Waals surface area contributed by atoms with Crippen LogP contribution in [0.1, 0.15) is 69.9 Å². The van der Waals surface area contributed by atoms with Gasteiger partial charge in [0.15, 0.2) is 11.5 Å². The second kappa shape index (κ2) is 20.2. The van der Waals surface area contributed by atoms with Crippen molar-refractivity contribution in [3.8, 4) is 6.01 Å². The number of ether oxygens (including phenoxy) is 1. The number of aromatic nitrogens is 4. The van der Waals surface area contributed by atoms with E-state index in [9.17, 15) is 14.4 Å². The Morgan fingerprint density at radius 1 is 1.00 bits per heavy atom. The molecule has 1 fully saturated rings.